The van der Waals surface area contributed by atoms with Gasteiger partial charge in [-0.3, -0.25) is 4.79 Å². The fourth-order valence-electron chi connectivity index (χ4n) is 3.21. The van der Waals surface area contributed by atoms with E-state index in [-0.39, 0.29) is 5.78 Å². The Morgan fingerprint density at radius 1 is 1.10 bits per heavy atom. The number of hydrogen-bond acceptors (Lipinski definition) is 5. The molecule has 0 aliphatic heterocycles. The number of ketones is 1. The van der Waals surface area contributed by atoms with Gasteiger partial charge in [0.25, 0.3) is 0 Å². The third-order valence-electron chi connectivity index (χ3n) is 4.84. The molecule has 30 heavy (non-hydrogen) atoms. The second kappa shape index (κ2) is 8.06. The topological polar surface area (TPSA) is 86.0 Å². The lowest BCUT2D eigenvalue weighted by molar-refractivity contribution is -0.152. The Labute approximate surface area is 174 Å². The highest BCUT2D eigenvalue weighted by molar-refractivity contribution is 6.14. The summed E-state index contributed by atoms with van der Waals surface area (Å²) < 4.78 is 16.5. The van der Waals surface area contributed by atoms with E-state index in [9.17, 15) is 14.7 Å². The average Bonchev–Trinajstić information content (AvgIpc) is 3.18. The molecule has 0 unspecified atom stereocenters. The average molecular weight is 408 g/mol. The fraction of sp³-hybridized carbons (Fsp3) is 0.250. The first-order valence-electron chi connectivity index (χ1n) is 9.44. The molecular weight excluding hydrogens is 384 g/mol. The highest BCUT2D eigenvalue weighted by Crippen LogP contribution is 2.31. The number of aryl methyl sites for hydroxylation is 2. The first-order valence-corrected chi connectivity index (χ1v) is 9.44. The van der Waals surface area contributed by atoms with E-state index in [1.165, 1.54) is 26.2 Å². The highest BCUT2D eigenvalue weighted by atomic mass is 16.5. The summed E-state index contributed by atoms with van der Waals surface area (Å²) in [6.07, 6.45) is 4.73. The maximum absolute atomic E-state index is 12.8. The monoisotopic (exact) mass is 408 g/mol. The molecule has 3 aromatic rings. The van der Waals surface area contributed by atoms with Crippen LogP contribution in [0.3, 0.4) is 0 Å². The van der Waals surface area contributed by atoms with Crippen LogP contribution in [0.15, 0.2) is 47.1 Å². The number of carbonyl (C=O) groups is 2. The van der Waals surface area contributed by atoms with Crippen molar-refractivity contribution in [2.75, 3.05) is 7.11 Å². The minimum atomic E-state index is -1.34. The molecule has 0 atom stereocenters. The molecule has 0 amide bonds. The van der Waals surface area contributed by atoms with E-state index in [2.05, 4.69) is 0 Å². The van der Waals surface area contributed by atoms with Gasteiger partial charge in [-0.2, -0.15) is 0 Å². The maximum atomic E-state index is 12.8. The van der Waals surface area contributed by atoms with Gasteiger partial charge in [0.1, 0.15) is 17.1 Å². The molecule has 2 aromatic carbocycles. The van der Waals surface area contributed by atoms with Crippen LogP contribution in [0.4, 0.5) is 0 Å². The molecule has 1 heterocycles. The smallest absolute Gasteiger partial charge is 0.347 e. The number of fused-ring (bicyclic) bond motifs is 1. The summed E-state index contributed by atoms with van der Waals surface area (Å²) in [5.41, 5.74) is 1.97. The number of allylic oxidation sites excluding steroid dienone is 1. The molecule has 0 spiro atoms. The van der Waals surface area contributed by atoms with Gasteiger partial charge >= 0.3 is 5.97 Å². The molecular formula is C24H24O6. The summed E-state index contributed by atoms with van der Waals surface area (Å²) in [7, 11) is 1.57. The summed E-state index contributed by atoms with van der Waals surface area (Å²) in [5.74, 6) is -0.0661. The number of methoxy groups -OCH3 is 1. The molecule has 0 bridgehead atoms. The van der Waals surface area contributed by atoms with Gasteiger partial charge in [0.2, 0.25) is 0 Å². The van der Waals surface area contributed by atoms with E-state index in [1.54, 1.807) is 31.4 Å². The number of carboxylic acid groups (broad SMARTS) is 1. The number of furan rings is 1. The Hall–Kier alpha value is -3.54. The van der Waals surface area contributed by atoms with Gasteiger partial charge < -0.3 is 19.0 Å². The van der Waals surface area contributed by atoms with Crippen molar-refractivity contribution in [2.45, 2.75) is 33.3 Å². The normalized spacial score (nSPS) is 11.8. The Bertz CT molecular complexity index is 1130. The number of benzene rings is 2. The quantitative estimate of drug-likeness (QED) is 0.427. The van der Waals surface area contributed by atoms with Crippen molar-refractivity contribution < 1.29 is 28.6 Å². The van der Waals surface area contributed by atoms with Crippen molar-refractivity contribution in [3.05, 3.63) is 64.9 Å². The molecule has 0 saturated heterocycles. The summed E-state index contributed by atoms with van der Waals surface area (Å²) in [4.78, 5) is 24.1. The minimum absolute atomic E-state index is 0.194. The molecule has 156 valence electrons. The summed E-state index contributed by atoms with van der Waals surface area (Å²) in [5, 5.41) is 10.0. The molecule has 0 fully saturated rings. The van der Waals surface area contributed by atoms with Gasteiger partial charge in [-0.25, -0.2) is 4.79 Å². The summed E-state index contributed by atoms with van der Waals surface area (Å²) >= 11 is 0. The van der Waals surface area contributed by atoms with Crippen molar-refractivity contribution in [3.63, 3.8) is 0 Å². The number of carboxylic acids is 1. The third-order valence-corrected chi connectivity index (χ3v) is 4.84. The number of aliphatic carboxylic acids is 1. The number of ether oxygens (including phenoxy) is 2. The largest absolute Gasteiger partial charge is 0.496 e. The molecule has 0 aliphatic carbocycles. The van der Waals surface area contributed by atoms with E-state index in [0.29, 0.717) is 22.6 Å². The second-order valence-electron chi connectivity index (χ2n) is 7.58. The second-order valence-corrected chi connectivity index (χ2v) is 7.58. The zero-order chi connectivity index (χ0) is 22.1. The molecule has 1 N–H and O–H groups in total. The van der Waals surface area contributed by atoms with Crippen LogP contribution in [0.5, 0.6) is 11.5 Å². The predicted octanol–water partition coefficient (Wildman–Crippen LogP) is 5.20. The Morgan fingerprint density at radius 3 is 2.37 bits per heavy atom. The van der Waals surface area contributed by atoms with E-state index >= 15 is 0 Å². The number of rotatable bonds is 7. The molecule has 1 aromatic heterocycles. The SMILES string of the molecule is COc1ccc(C(=O)/C=C/c2cc(C)c(OC(C)(C)C(=O)O)c(C)c2)c2occc12. The molecule has 0 aliphatic rings. The van der Waals surface area contributed by atoms with Crippen molar-refractivity contribution in [3.8, 4) is 11.5 Å². The Kier molecular flexibility index (Phi) is 5.69. The third kappa shape index (κ3) is 4.08. The first-order chi connectivity index (χ1) is 14.1. The van der Waals surface area contributed by atoms with Gasteiger partial charge in [0, 0.05) is 0 Å². The van der Waals surface area contributed by atoms with Gasteiger partial charge in [-0.15, -0.1) is 0 Å². The van der Waals surface area contributed by atoms with Crippen LogP contribution in [0.1, 0.15) is 40.9 Å². The maximum Gasteiger partial charge on any atom is 0.347 e. The van der Waals surface area contributed by atoms with E-state index in [1.807, 2.05) is 26.0 Å². The summed E-state index contributed by atoms with van der Waals surface area (Å²) in [6, 6.07) is 8.88. The van der Waals surface area contributed by atoms with Gasteiger partial charge in [0.15, 0.2) is 11.4 Å². The van der Waals surface area contributed by atoms with E-state index in [0.717, 1.165) is 22.1 Å². The minimum Gasteiger partial charge on any atom is -0.496 e. The standard InChI is InChI=1S/C24H24O6/c1-14-12-16(13-15(2)21(14)30-24(3,4)23(26)27)6-8-19(25)17-7-9-20(28-5)18-10-11-29-22(17)18/h6-13H,1-5H3,(H,26,27)/b8-6+. The van der Waals surface area contributed by atoms with Crippen LogP contribution in [-0.2, 0) is 4.79 Å². The van der Waals surface area contributed by atoms with E-state index in [4.69, 9.17) is 13.9 Å². The molecule has 3 rings (SSSR count). The van der Waals surface area contributed by atoms with Crippen LogP contribution in [-0.4, -0.2) is 29.6 Å². The Balaban J connectivity index is 1.87. The lowest BCUT2D eigenvalue weighted by Crippen LogP contribution is -2.38. The van der Waals surface area contributed by atoms with Crippen LogP contribution in [0.25, 0.3) is 17.0 Å². The lowest BCUT2D eigenvalue weighted by Gasteiger charge is -2.24. The molecule has 6 nitrogen and oxygen atoms in total. The number of carbonyl (C=O) groups excluding carboxylic acids is 1. The van der Waals surface area contributed by atoms with Crippen molar-refractivity contribution in [1.29, 1.82) is 0 Å². The van der Waals surface area contributed by atoms with Gasteiger partial charge in [0.05, 0.1) is 24.3 Å². The summed E-state index contributed by atoms with van der Waals surface area (Å²) in [6.45, 7) is 6.69. The van der Waals surface area contributed by atoms with Crippen LogP contribution >= 0.6 is 0 Å². The number of hydrogen-bond donors (Lipinski definition) is 1. The Morgan fingerprint density at radius 2 is 1.77 bits per heavy atom. The van der Waals surface area contributed by atoms with Crippen molar-refractivity contribution in [1.82, 2.24) is 0 Å². The van der Waals surface area contributed by atoms with E-state index < -0.39 is 11.6 Å². The molecule has 6 heteroatoms. The van der Waals surface area contributed by atoms with Crippen LogP contribution in [0.2, 0.25) is 0 Å². The van der Waals surface area contributed by atoms with Crippen LogP contribution in [0, 0.1) is 13.8 Å². The lowest BCUT2D eigenvalue weighted by atomic mass is 10.0. The van der Waals surface area contributed by atoms with Gasteiger partial charge in [-0.1, -0.05) is 6.08 Å². The van der Waals surface area contributed by atoms with Crippen molar-refractivity contribution in [2.24, 2.45) is 0 Å². The first kappa shape index (κ1) is 21.2. The predicted molar refractivity (Wildman–Crippen MR) is 114 cm³/mol. The highest BCUT2D eigenvalue weighted by Gasteiger charge is 2.30. The zero-order valence-corrected chi connectivity index (χ0v) is 17.6. The molecule has 0 radical (unpaired) electrons. The van der Waals surface area contributed by atoms with Crippen LogP contribution < -0.4 is 9.47 Å². The van der Waals surface area contributed by atoms with Gasteiger partial charge in [-0.05, 0) is 80.8 Å². The fourth-order valence-corrected chi connectivity index (χ4v) is 3.21. The molecule has 0 saturated carbocycles. The van der Waals surface area contributed by atoms with Crippen molar-refractivity contribution >= 4 is 28.8 Å². The zero-order valence-electron chi connectivity index (χ0n) is 17.6.